The largest absolute Gasteiger partial charge is 0.372 e. The van der Waals surface area contributed by atoms with Crippen molar-refractivity contribution in [3.8, 4) is 0 Å². The summed E-state index contributed by atoms with van der Waals surface area (Å²) in [5, 5.41) is 0. The molecule has 1 aromatic rings. The van der Waals surface area contributed by atoms with Crippen LogP contribution in [0.1, 0.15) is 31.9 Å². The van der Waals surface area contributed by atoms with E-state index in [0.29, 0.717) is 0 Å². The van der Waals surface area contributed by atoms with Crippen molar-refractivity contribution in [3.63, 3.8) is 0 Å². The van der Waals surface area contributed by atoms with Crippen LogP contribution in [0.15, 0.2) is 12.1 Å². The Morgan fingerprint density at radius 3 is 2.39 bits per heavy atom. The van der Waals surface area contributed by atoms with E-state index in [1.165, 1.54) is 0 Å². The summed E-state index contributed by atoms with van der Waals surface area (Å²) in [4.78, 5) is 2.11. The highest BCUT2D eigenvalue weighted by atomic mass is 19.1. The Morgan fingerprint density at radius 2 is 1.89 bits per heavy atom. The number of morpholine rings is 1. The maximum atomic E-state index is 14.3. The number of benzene rings is 1. The molecule has 0 spiro atoms. The van der Waals surface area contributed by atoms with Crippen molar-refractivity contribution in [2.75, 3.05) is 18.0 Å². The summed E-state index contributed by atoms with van der Waals surface area (Å²) in [6.07, 6.45) is 1.17. The second-order valence-electron chi connectivity index (χ2n) is 5.26. The van der Waals surface area contributed by atoms with Crippen LogP contribution < -0.4 is 4.90 Å². The van der Waals surface area contributed by atoms with Gasteiger partial charge in [-0.05, 0) is 44.4 Å². The molecule has 0 N–H and O–H groups in total. The van der Waals surface area contributed by atoms with E-state index in [1.807, 2.05) is 27.7 Å². The van der Waals surface area contributed by atoms with Crippen LogP contribution in [-0.4, -0.2) is 25.3 Å². The zero-order valence-electron chi connectivity index (χ0n) is 11.7. The van der Waals surface area contributed by atoms with Crippen molar-refractivity contribution in [2.24, 2.45) is 0 Å². The Hall–Kier alpha value is -1.09. The summed E-state index contributed by atoms with van der Waals surface area (Å²) < 4.78 is 20.0. The molecule has 1 aromatic carbocycles. The van der Waals surface area contributed by atoms with E-state index in [9.17, 15) is 4.39 Å². The number of hydrogen-bond donors (Lipinski definition) is 0. The molecule has 2 rings (SSSR count). The highest BCUT2D eigenvalue weighted by Crippen LogP contribution is 2.28. The van der Waals surface area contributed by atoms with Gasteiger partial charge in [-0.2, -0.15) is 0 Å². The maximum Gasteiger partial charge on any atom is 0.147 e. The minimum absolute atomic E-state index is 0.104. The van der Waals surface area contributed by atoms with Gasteiger partial charge in [0.25, 0.3) is 0 Å². The number of hydrogen-bond acceptors (Lipinski definition) is 2. The van der Waals surface area contributed by atoms with Crippen molar-refractivity contribution in [3.05, 3.63) is 29.1 Å². The predicted molar refractivity (Wildman–Crippen MR) is 72.7 cm³/mol. The molecule has 1 saturated heterocycles. The molecule has 1 aliphatic heterocycles. The molecular formula is C15H22FNO. The van der Waals surface area contributed by atoms with Crippen LogP contribution in [0, 0.1) is 12.7 Å². The van der Waals surface area contributed by atoms with Crippen molar-refractivity contribution in [1.29, 1.82) is 0 Å². The first-order chi connectivity index (χ1) is 8.51. The average molecular weight is 251 g/mol. The molecule has 0 amide bonds. The smallest absolute Gasteiger partial charge is 0.147 e. The van der Waals surface area contributed by atoms with E-state index < -0.39 is 0 Å². The van der Waals surface area contributed by atoms with E-state index in [0.717, 1.165) is 36.3 Å². The second kappa shape index (κ2) is 5.27. The van der Waals surface area contributed by atoms with Crippen LogP contribution in [0.4, 0.5) is 10.1 Å². The molecule has 0 unspecified atom stereocenters. The Kier molecular flexibility index (Phi) is 3.91. The lowest BCUT2D eigenvalue weighted by Crippen LogP contribution is -2.46. The van der Waals surface area contributed by atoms with Crippen LogP contribution in [0.25, 0.3) is 0 Å². The molecule has 1 heterocycles. The van der Waals surface area contributed by atoms with Gasteiger partial charge in [0.15, 0.2) is 0 Å². The minimum atomic E-state index is -0.104. The van der Waals surface area contributed by atoms with Crippen LogP contribution in [-0.2, 0) is 11.2 Å². The first-order valence-electron chi connectivity index (χ1n) is 6.70. The van der Waals surface area contributed by atoms with E-state index in [2.05, 4.69) is 11.0 Å². The number of aryl methyl sites for hydroxylation is 2. The van der Waals surface area contributed by atoms with Gasteiger partial charge in [0, 0.05) is 13.1 Å². The van der Waals surface area contributed by atoms with Crippen molar-refractivity contribution >= 4 is 5.69 Å². The summed E-state index contributed by atoms with van der Waals surface area (Å²) in [5.74, 6) is -0.104. The second-order valence-corrected chi connectivity index (χ2v) is 5.26. The Labute approximate surface area is 109 Å². The SMILES string of the molecule is CCc1cc(C)c(N2C[C@@H](C)O[C@@H](C)C2)c(F)c1. The summed E-state index contributed by atoms with van der Waals surface area (Å²) >= 11 is 0. The molecule has 0 radical (unpaired) electrons. The van der Waals surface area contributed by atoms with Gasteiger partial charge in [-0.15, -0.1) is 0 Å². The van der Waals surface area contributed by atoms with Crippen LogP contribution in [0.5, 0.6) is 0 Å². The zero-order chi connectivity index (χ0) is 13.3. The predicted octanol–water partition coefficient (Wildman–Crippen LogP) is 3.31. The van der Waals surface area contributed by atoms with Gasteiger partial charge in [0.1, 0.15) is 5.82 Å². The van der Waals surface area contributed by atoms with Gasteiger partial charge >= 0.3 is 0 Å². The molecule has 2 nitrogen and oxygen atoms in total. The summed E-state index contributed by atoms with van der Waals surface area (Å²) in [6.45, 7) is 9.63. The summed E-state index contributed by atoms with van der Waals surface area (Å²) in [6, 6.07) is 3.75. The Balaban J connectivity index is 2.32. The average Bonchev–Trinajstić information content (AvgIpc) is 2.26. The molecule has 100 valence electrons. The fourth-order valence-electron chi connectivity index (χ4n) is 2.77. The third kappa shape index (κ3) is 2.66. The number of anilines is 1. The van der Waals surface area contributed by atoms with Crippen LogP contribution in [0.2, 0.25) is 0 Å². The molecular weight excluding hydrogens is 229 g/mol. The van der Waals surface area contributed by atoms with Crippen molar-refractivity contribution < 1.29 is 9.13 Å². The lowest BCUT2D eigenvalue weighted by molar-refractivity contribution is -0.00542. The van der Waals surface area contributed by atoms with E-state index in [4.69, 9.17) is 4.74 Å². The minimum Gasteiger partial charge on any atom is -0.372 e. The first kappa shape index (κ1) is 13.3. The van der Waals surface area contributed by atoms with Gasteiger partial charge in [-0.1, -0.05) is 13.0 Å². The number of ether oxygens (including phenoxy) is 1. The summed E-state index contributed by atoms with van der Waals surface area (Å²) in [5.41, 5.74) is 2.82. The third-order valence-corrected chi connectivity index (χ3v) is 3.46. The fourth-order valence-corrected chi connectivity index (χ4v) is 2.77. The molecule has 0 aromatic heterocycles. The third-order valence-electron chi connectivity index (χ3n) is 3.46. The van der Waals surface area contributed by atoms with E-state index in [-0.39, 0.29) is 18.0 Å². The van der Waals surface area contributed by atoms with E-state index in [1.54, 1.807) is 6.07 Å². The normalized spacial score (nSPS) is 24.4. The van der Waals surface area contributed by atoms with Crippen molar-refractivity contribution in [2.45, 2.75) is 46.3 Å². The molecule has 18 heavy (non-hydrogen) atoms. The monoisotopic (exact) mass is 251 g/mol. The van der Waals surface area contributed by atoms with Gasteiger partial charge in [0.2, 0.25) is 0 Å². The lowest BCUT2D eigenvalue weighted by atomic mass is 10.0. The first-order valence-corrected chi connectivity index (χ1v) is 6.70. The molecule has 0 saturated carbocycles. The fraction of sp³-hybridized carbons (Fsp3) is 0.600. The number of nitrogens with zero attached hydrogens (tertiary/aromatic N) is 1. The molecule has 0 aliphatic carbocycles. The lowest BCUT2D eigenvalue weighted by Gasteiger charge is -2.37. The molecule has 1 aliphatic rings. The van der Waals surface area contributed by atoms with E-state index >= 15 is 0 Å². The quantitative estimate of drug-likeness (QED) is 0.799. The molecule has 3 heteroatoms. The highest BCUT2D eigenvalue weighted by Gasteiger charge is 2.25. The topological polar surface area (TPSA) is 12.5 Å². The van der Waals surface area contributed by atoms with Gasteiger partial charge in [0.05, 0.1) is 17.9 Å². The van der Waals surface area contributed by atoms with Crippen LogP contribution in [0.3, 0.4) is 0 Å². The van der Waals surface area contributed by atoms with Gasteiger partial charge < -0.3 is 9.64 Å². The van der Waals surface area contributed by atoms with Crippen molar-refractivity contribution in [1.82, 2.24) is 0 Å². The van der Waals surface area contributed by atoms with Gasteiger partial charge in [-0.3, -0.25) is 0 Å². The number of halogens is 1. The maximum absolute atomic E-state index is 14.3. The van der Waals surface area contributed by atoms with Crippen LogP contribution >= 0.6 is 0 Å². The van der Waals surface area contributed by atoms with Gasteiger partial charge in [-0.25, -0.2) is 4.39 Å². The molecule has 2 atom stereocenters. The molecule has 0 bridgehead atoms. The Morgan fingerprint density at radius 1 is 1.28 bits per heavy atom. The summed E-state index contributed by atoms with van der Waals surface area (Å²) in [7, 11) is 0. The standard InChI is InChI=1S/C15H22FNO/c1-5-13-6-10(2)15(14(16)7-13)17-8-11(3)18-12(4)9-17/h6-7,11-12H,5,8-9H2,1-4H3/t11-,12+. The molecule has 1 fully saturated rings. The Bertz CT molecular complexity index is 399. The number of rotatable bonds is 2. The highest BCUT2D eigenvalue weighted by molar-refractivity contribution is 5.56. The zero-order valence-corrected chi connectivity index (χ0v) is 11.7.